The first-order chi connectivity index (χ1) is 18.7. The fourth-order valence-corrected chi connectivity index (χ4v) is 5.89. The highest BCUT2D eigenvalue weighted by Crippen LogP contribution is 2.43. The molecule has 0 radical (unpaired) electrons. The number of anilines is 1. The zero-order chi connectivity index (χ0) is 26.1. The highest BCUT2D eigenvalue weighted by atomic mass is 16.5. The largest absolute Gasteiger partial charge is 0.481 e. The van der Waals surface area contributed by atoms with Crippen LogP contribution in [0.5, 0.6) is 5.88 Å². The third-order valence-electron chi connectivity index (χ3n) is 8.16. The molecule has 202 valence electrons. The average molecular weight is 521 g/mol. The van der Waals surface area contributed by atoms with E-state index in [4.69, 9.17) is 24.3 Å². The first-order valence-electron chi connectivity index (χ1n) is 13.8. The van der Waals surface area contributed by atoms with Crippen LogP contribution in [0.15, 0.2) is 24.4 Å². The molecule has 1 aliphatic carbocycles. The zero-order valence-corrected chi connectivity index (χ0v) is 22.3. The van der Waals surface area contributed by atoms with E-state index in [1.807, 2.05) is 29.8 Å². The number of aromatic nitrogens is 4. The van der Waals surface area contributed by atoms with Crippen molar-refractivity contribution in [2.75, 3.05) is 58.0 Å². The Kier molecular flexibility index (Phi) is 7.16. The number of fused-ring (bicyclic) bond motifs is 1. The van der Waals surface area contributed by atoms with E-state index in [-0.39, 0.29) is 0 Å². The van der Waals surface area contributed by atoms with Gasteiger partial charge in [0.05, 0.1) is 49.4 Å². The van der Waals surface area contributed by atoms with Crippen molar-refractivity contribution in [1.29, 1.82) is 0 Å². The van der Waals surface area contributed by atoms with Gasteiger partial charge >= 0.3 is 5.97 Å². The Morgan fingerprint density at radius 2 is 1.89 bits per heavy atom. The molecule has 0 aromatic carbocycles. The summed E-state index contributed by atoms with van der Waals surface area (Å²) in [6, 6.07) is 6.24. The summed E-state index contributed by atoms with van der Waals surface area (Å²) in [6.07, 6.45) is 7.29. The van der Waals surface area contributed by atoms with E-state index < -0.39 is 5.97 Å². The monoisotopic (exact) mass is 520 g/mol. The number of rotatable bonds is 7. The van der Waals surface area contributed by atoms with Gasteiger partial charge in [-0.15, -0.1) is 0 Å². The molecule has 3 aromatic heterocycles. The van der Waals surface area contributed by atoms with Crippen molar-refractivity contribution in [3.05, 3.63) is 35.8 Å². The first kappa shape index (κ1) is 25.1. The molecule has 0 spiro atoms. The van der Waals surface area contributed by atoms with Gasteiger partial charge in [0.15, 0.2) is 11.3 Å². The molecule has 0 unspecified atom stereocenters. The minimum Gasteiger partial charge on any atom is -0.481 e. The predicted molar refractivity (Wildman–Crippen MR) is 143 cm³/mol. The Labute approximate surface area is 222 Å². The lowest BCUT2D eigenvalue weighted by Crippen LogP contribution is -2.49. The van der Waals surface area contributed by atoms with Gasteiger partial charge in [0.25, 0.3) is 0 Å². The normalized spacial score (nSPS) is 19.5. The van der Waals surface area contributed by atoms with Crippen molar-refractivity contribution in [3.63, 3.8) is 0 Å². The van der Waals surface area contributed by atoms with Gasteiger partial charge in [0.2, 0.25) is 5.88 Å². The second kappa shape index (κ2) is 10.9. The van der Waals surface area contributed by atoms with Crippen LogP contribution in [-0.2, 0) is 9.47 Å². The van der Waals surface area contributed by atoms with E-state index in [0.717, 1.165) is 87.5 Å². The number of methoxy groups -OCH3 is 1. The van der Waals surface area contributed by atoms with E-state index >= 15 is 0 Å². The van der Waals surface area contributed by atoms with Crippen LogP contribution in [0.1, 0.15) is 61.1 Å². The summed E-state index contributed by atoms with van der Waals surface area (Å²) < 4.78 is 18.2. The van der Waals surface area contributed by atoms with Gasteiger partial charge in [0, 0.05) is 50.4 Å². The number of piperidine rings is 1. The summed E-state index contributed by atoms with van der Waals surface area (Å²) >= 11 is 0. The van der Waals surface area contributed by atoms with E-state index in [2.05, 4.69) is 14.8 Å². The summed E-state index contributed by atoms with van der Waals surface area (Å²) in [6.45, 7) is 7.60. The molecule has 0 atom stereocenters. The van der Waals surface area contributed by atoms with E-state index in [9.17, 15) is 4.79 Å². The van der Waals surface area contributed by atoms with Gasteiger partial charge in [-0.25, -0.2) is 19.4 Å². The Hall–Kier alpha value is -3.24. The van der Waals surface area contributed by atoms with E-state index in [0.29, 0.717) is 35.8 Å². The number of morpholine rings is 1. The summed E-state index contributed by atoms with van der Waals surface area (Å²) in [4.78, 5) is 27.1. The van der Waals surface area contributed by atoms with Crippen LogP contribution >= 0.6 is 0 Å². The molecule has 0 bridgehead atoms. The van der Waals surface area contributed by atoms with Crippen molar-refractivity contribution < 1.29 is 19.0 Å². The minimum absolute atomic E-state index is 0.299. The van der Waals surface area contributed by atoms with Gasteiger partial charge < -0.3 is 19.1 Å². The minimum atomic E-state index is -0.413. The number of hydrogen-bond acceptors (Lipinski definition) is 9. The van der Waals surface area contributed by atoms with Crippen molar-refractivity contribution >= 4 is 22.7 Å². The summed E-state index contributed by atoms with van der Waals surface area (Å²) in [5.74, 6) is 0.481. The third-order valence-corrected chi connectivity index (χ3v) is 8.16. The van der Waals surface area contributed by atoms with Gasteiger partial charge in [0.1, 0.15) is 0 Å². The number of carbonyl (C=O) groups excluding carboxylic acids is 1. The van der Waals surface area contributed by atoms with Crippen molar-refractivity contribution in [3.8, 4) is 11.6 Å². The summed E-state index contributed by atoms with van der Waals surface area (Å²) in [5, 5.41) is 6.16. The Balaban J connectivity index is 1.44. The highest BCUT2D eigenvalue weighted by Gasteiger charge is 2.32. The van der Waals surface area contributed by atoms with Gasteiger partial charge in [-0.1, -0.05) is 6.42 Å². The summed E-state index contributed by atoms with van der Waals surface area (Å²) in [7, 11) is 1.60. The van der Waals surface area contributed by atoms with Crippen LogP contribution in [0, 0.1) is 0 Å². The maximum atomic E-state index is 13.0. The fourth-order valence-electron chi connectivity index (χ4n) is 5.89. The summed E-state index contributed by atoms with van der Waals surface area (Å²) in [5.41, 5.74) is 3.89. The van der Waals surface area contributed by atoms with E-state index in [1.165, 1.54) is 6.42 Å². The molecule has 6 rings (SSSR count). The molecule has 10 nitrogen and oxygen atoms in total. The van der Waals surface area contributed by atoms with Crippen molar-refractivity contribution in [2.45, 2.75) is 51.0 Å². The number of ether oxygens (including phenoxy) is 3. The first-order valence-corrected chi connectivity index (χ1v) is 13.8. The van der Waals surface area contributed by atoms with Crippen LogP contribution in [0.25, 0.3) is 16.7 Å². The molecular formula is C28H36N6O4. The number of hydrogen-bond donors (Lipinski definition) is 0. The van der Waals surface area contributed by atoms with Gasteiger partial charge in [-0.3, -0.25) is 4.90 Å². The molecule has 38 heavy (non-hydrogen) atoms. The second-order valence-corrected chi connectivity index (χ2v) is 10.3. The molecule has 5 heterocycles. The van der Waals surface area contributed by atoms with Crippen LogP contribution in [-0.4, -0.2) is 89.8 Å². The standard InChI is InChI=1S/C28H36N6O4/c1-3-38-28(35)22-18-23(33-11-8-20(9-12-33)32-13-15-37-16-14-32)25-26(19-5-4-6-19)31-34(27(25)30-22)21-7-10-29-24(17-21)36-2/h7,10,17-20H,3-6,8-9,11-16H2,1-2H3. The fraction of sp³-hybridized carbons (Fsp3) is 0.571. The van der Waals surface area contributed by atoms with E-state index in [1.54, 1.807) is 13.3 Å². The SMILES string of the molecule is CCOC(=O)c1cc(N2CCC(N3CCOCC3)CC2)c2c(C3CCC3)nn(-c3ccnc(OC)c3)c2n1. The number of pyridine rings is 2. The Morgan fingerprint density at radius 3 is 2.58 bits per heavy atom. The molecule has 3 aliphatic rings. The molecule has 1 saturated carbocycles. The zero-order valence-electron chi connectivity index (χ0n) is 22.3. The van der Waals surface area contributed by atoms with Crippen LogP contribution in [0.2, 0.25) is 0 Å². The molecule has 10 heteroatoms. The van der Waals surface area contributed by atoms with Crippen LogP contribution in [0.4, 0.5) is 5.69 Å². The molecular weight excluding hydrogens is 484 g/mol. The smallest absolute Gasteiger partial charge is 0.357 e. The maximum absolute atomic E-state index is 13.0. The lowest BCUT2D eigenvalue weighted by Gasteiger charge is -2.41. The quantitative estimate of drug-likeness (QED) is 0.433. The van der Waals surface area contributed by atoms with Crippen LogP contribution < -0.4 is 9.64 Å². The lowest BCUT2D eigenvalue weighted by atomic mass is 9.82. The van der Waals surface area contributed by atoms with Gasteiger partial charge in [-0.2, -0.15) is 5.10 Å². The topological polar surface area (TPSA) is 94.8 Å². The second-order valence-electron chi connectivity index (χ2n) is 10.3. The van der Waals surface area contributed by atoms with Gasteiger partial charge in [-0.05, 0) is 44.7 Å². The van der Waals surface area contributed by atoms with Crippen molar-refractivity contribution in [2.24, 2.45) is 0 Å². The molecule has 3 fully saturated rings. The Bertz CT molecular complexity index is 1290. The highest BCUT2D eigenvalue weighted by molar-refractivity contribution is 5.99. The molecule has 2 saturated heterocycles. The third kappa shape index (κ3) is 4.71. The predicted octanol–water partition coefficient (Wildman–Crippen LogP) is 3.57. The number of nitrogens with zero attached hydrogens (tertiary/aromatic N) is 6. The molecule has 2 aliphatic heterocycles. The molecule has 0 N–H and O–H groups in total. The average Bonchev–Trinajstić information content (AvgIpc) is 3.31. The Morgan fingerprint density at radius 1 is 1.11 bits per heavy atom. The number of carbonyl (C=O) groups is 1. The van der Waals surface area contributed by atoms with Crippen molar-refractivity contribution in [1.82, 2.24) is 24.6 Å². The maximum Gasteiger partial charge on any atom is 0.357 e. The van der Waals surface area contributed by atoms with Crippen LogP contribution in [0.3, 0.4) is 0 Å². The lowest BCUT2D eigenvalue weighted by molar-refractivity contribution is 0.0115. The molecule has 3 aromatic rings. The number of esters is 1. The molecule has 0 amide bonds.